The van der Waals surface area contributed by atoms with Gasteiger partial charge >= 0.3 is 0 Å². The van der Waals surface area contributed by atoms with Gasteiger partial charge in [-0.25, -0.2) is 8.42 Å². The summed E-state index contributed by atoms with van der Waals surface area (Å²) in [6, 6.07) is 5.38. The van der Waals surface area contributed by atoms with Crippen LogP contribution in [-0.2, 0) is 10.0 Å². The molecule has 0 saturated carbocycles. The molecule has 0 atom stereocenters. The number of aromatic nitrogens is 1. The number of nitrogens with zero attached hydrogens (tertiary/aromatic N) is 1. The van der Waals surface area contributed by atoms with E-state index in [-0.39, 0.29) is 21.2 Å². The van der Waals surface area contributed by atoms with Crippen LogP contribution in [0, 0.1) is 0 Å². The monoisotopic (exact) mass is 476 g/mol. The molecular formula is C16H18BrClN4O4S. The molecule has 0 spiro atoms. The highest BCUT2D eigenvalue weighted by Crippen LogP contribution is 2.23. The van der Waals surface area contributed by atoms with E-state index in [1.165, 1.54) is 28.6 Å². The Hall–Kier alpha value is -1.88. The Labute approximate surface area is 170 Å². The van der Waals surface area contributed by atoms with Gasteiger partial charge in [0.1, 0.15) is 5.69 Å². The van der Waals surface area contributed by atoms with Crippen molar-refractivity contribution in [2.24, 2.45) is 0 Å². The molecule has 3 N–H and O–H groups in total. The van der Waals surface area contributed by atoms with E-state index in [2.05, 4.69) is 31.8 Å². The maximum absolute atomic E-state index is 12.6. The normalized spacial score (nSPS) is 11.4. The van der Waals surface area contributed by atoms with Crippen LogP contribution in [-0.4, -0.2) is 42.6 Å². The smallest absolute Gasteiger partial charge is 0.286 e. The number of H-pyrrole nitrogens is 1. The predicted molar refractivity (Wildman–Crippen MR) is 105 cm³/mol. The number of hydrogen-bond donors (Lipinski definition) is 3. The third-order valence-corrected chi connectivity index (χ3v) is 6.54. The van der Waals surface area contributed by atoms with E-state index in [4.69, 9.17) is 11.6 Å². The lowest BCUT2D eigenvalue weighted by atomic mass is 10.2. The number of aromatic amines is 1. The van der Waals surface area contributed by atoms with Gasteiger partial charge in [-0.05, 0) is 40.2 Å². The summed E-state index contributed by atoms with van der Waals surface area (Å²) in [5, 5.41) is 0.0582. The molecule has 2 amide bonds. The van der Waals surface area contributed by atoms with Crippen molar-refractivity contribution in [3.05, 3.63) is 51.2 Å². The summed E-state index contributed by atoms with van der Waals surface area (Å²) in [7, 11) is -3.75. The topological polar surface area (TPSA) is 111 Å². The fraction of sp³-hybridized carbons (Fsp3) is 0.250. The fourth-order valence-corrected chi connectivity index (χ4v) is 4.33. The fourth-order valence-electron chi connectivity index (χ4n) is 2.30. The standard InChI is InChI=1S/C16H18BrClN4O4S/c1-3-22(4-2)27(25,26)11-5-6-13(18)12(8-11)15(23)20-21-16(24)14-7-10(17)9-19-14/h5-9,19H,3-4H2,1-2H3,(H,20,23)(H,21,24). The first-order valence-electron chi connectivity index (χ1n) is 7.95. The Bertz CT molecular complexity index is 957. The summed E-state index contributed by atoms with van der Waals surface area (Å²) in [5.41, 5.74) is 4.60. The average Bonchev–Trinajstić information content (AvgIpc) is 3.07. The molecule has 0 aliphatic heterocycles. The molecule has 0 saturated heterocycles. The lowest BCUT2D eigenvalue weighted by Gasteiger charge is -2.19. The van der Waals surface area contributed by atoms with Gasteiger partial charge in [0.15, 0.2) is 0 Å². The van der Waals surface area contributed by atoms with E-state index in [1.807, 2.05) is 0 Å². The first kappa shape index (κ1) is 21.4. The van der Waals surface area contributed by atoms with Crippen molar-refractivity contribution in [1.29, 1.82) is 0 Å². The van der Waals surface area contributed by atoms with Gasteiger partial charge in [-0.2, -0.15) is 4.31 Å². The summed E-state index contributed by atoms with van der Waals surface area (Å²) in [6.45, 7) is 4.04. The van der Waals surface area contributed by atoms with E-state index < -0.39 is 21.8 Å². The third kappa shape index (κ3) is 4.89. The zero-order valence-corrected chi connectivity index (χ0v) is 17.7. The number of benzene rings is 1. The molecule has 2 rings (SSSR count). The maximum atomic E-state index is 12.6. The zero-order valence-electron chi connectivity index (χ0n) is 14.5. The molecule has 0 radical (unpaired) electrons. The Balaban J connectivity index is 2.20. The van der Waals surface area contributed by atoms with Gasteiger partial charge in [-0.3, -0.25) is 20.4 Å². The van der Waals surface area contributed by atoms with Crippen LogP contribution in [0.25, 0.3) is 0 Å². The van der Waals surface area contributed by atoms with Gasteiger partial charge < -0.3 is 4.98 Å². The molecule has 0 aliphatic carbocycles. The van der Waals surface area contributed by atoms with Gasteiger partial charge in [0.25, 0.3) is 11.8 Å². The Morgan fingerprint density at radius 1 is 1.15 bits per heavy atom. The molecule has 0 aliphatic rings. The number of nitrogens with one attached hydrogen (secondary N) is 3. The molecule has 1 aromatic heterocycles. The largest absolute Gasteiger partial charge is 0.356 e. The number of carbonyl (C=O) groups excluding carboxylic acids is 2. The first-order chi connectivity index (χ1) is 12.7. The summed E-state index contributed by atoms with van der Waals surface area (Å²) < 4.78 is 27.2. The number of amides is 2. The molecule has 0 fully saturated rings. The number of sulfonamides is 1. The highest BCUT2D eigenvalue weighted by molar-refractivity contribution is 9.10. The minimum absolute atomic E-state index is 0.0552. The molecule has 0 bridgehead atoms. The van der Waals surface area contributed by atoms with Crippen molar-refractivity contribution in [2.45, 2.75) is 18.7 Å². The minimum atomic E-state index is -3.75. The predicted octanol–water partition coefficient (Wildman–Crippen LogP) is 2.54. The summed E-state index contributed by atoms with van der Waals surface area (Å²) in [6.07, 6.45) is 1.56. The maximum Gasteiger partial charge on any atom is 0.286 e. The lowest BCUT2D eigenvalue weighted by Crippen LogP contribution is -2.42. The van der Waals surface area contributed by atoms with Crippen LogP contribution in [0.1, 0.15) is 34.7 Å². The second kappa shape index (κ2) is 8.87. The first-order valence-corrected chi connectivity index (χ1v) is 10.6. The Morgan fingerprint density at radius 2 is 1.78 bits per heavy atom. The van der Waals surface area contributed by atoms with Gasteiger partial charge in [-0.1, -0.05) is 25.4 Å². The second-order valence-corrected chi connectivity index (χ2v) is 8.63. The molecule has 0 unspecified atom stereocenters. The van der Waals surface area contributed by atoms with Crippen LogP contribution in [0.2, 0.25) is 5.02 Å². The minimum Gasteiger partial charge on any atom is -0.356 e. The highest BCUT2D eigenvalue weighted by atomic mass is 79.9. The molecule has 1 aromatic carbocycles. The van der Waals surface area contributed by atoms with Crippen LogP contribution in [0.3, 0.4) is 0 Å². The van der Waals surface area contributed by atoms with Crippen LogP contribution >= 0.6 is 27.5 Å². The number of hydrazine groups is 1. The van der Waals surface area contributed by atoms with Crippen LogP contribution < -0.4 is 10.9 Å². The molecule has 8 nitrogen and oxygen atoms in total. The molecule has 11 heteroatoms. The zero-order chi connectivity index (χ0) is 20.2. The average molecular weight is 478 g/mol. The van der Waals surface area contributed by atoms with E-state index in [9.17, 15) is 18.0 Å². The lowest BCUT2D eigenvalue weighted by molar-refractivity contribution is 0.0844. The molecule has 1 heterocycles. The highest BCUT2D eigenvalue weighted by Gasteiger charge is 2.24. The van der Waals surface area contributed by atoms with Crippen LogP contribution in [0.4, 0.5) is 0 Å². The van der Waals surface area contributed by atoms with Crippen molar-refractivity contribution in [2.75, 3.05) is 13.1 Å². The van der Waals surface area contributed by atoms with Crippen molar-refractivity contribution in [3.63, 3.8) is 0 Å². The number of halogens is 2. The second-order valence-electron chi connectivity index (χ2n) is 5.37. The van der Waals surface area contributed by atoms with Crippen LogP contribution in [0.5, 0.6) is 0 Å². The van der Waals surface area contributed by atoms with Crippen molar-refractivity contribution in [1.82, 2.24) is 20.1 Å². The van der Waals surface area contributed by atoms with Gasteiger partial charge in [0.2, 0.25) is 10.0 Å². The van der Waals surface area contributed by atoms with E-state index >= 15 is 0 Å². The number of carbonyl (C=O) groups is 2. The van der Waals surface area contributed by atoms with Gasteiger partial charge in [-0.15, -0.1) is 0 Å². The van der Waals surface area contributed by atoms with Gasteiger partial charge in [0.05, 0.1) is 15.5 Å². The quantitative estimate of drug-likeness (QED) is 0.555. The van der Waals surface area contributed by atoms with Crippen molar-refractivity contribution >= 4 is 49.4 Å². The van der Waals surface area contributed by atoms with Crippen LogP contribution in [0.15, 0.2) is 39.8 Å². The molecule has 146 valence electrons. The third-order valence-electron chi connectivity index (χ3n) is 3.71. The van der Waals surface area contributed by atoms with E-state index in [1.54, 1.807) is 20.0 Å². The van der Waals surface area contributed by atoms with Crippen molar-refractivity contribution < 1.29 is 18.0 Å². The molecule has 2 aromatic rings. The number of rotatable bonds is 6. The molecular weight excluding hydrogens is 460 g/mol. The van der Waals surface area contributed by atoms with Gasteiger partial charge in [0, 0.05) is 23.8 Å². The summed E-state index contributed by atoms with van der Waals surface area (Å²) >= 11 is 9.23. The van der Waals surface area contributed by atoms with E-state index in [0.29, 0.717) is 17.6 Å². The Kier molecular flexibility index (Phi) is 7.04. The Morgan fingerprint density at radius 3 is 2.33 bits per heavy atom. The number of hydrogen-bond acceptors (Lipinski definition) is 4. The summed E-state index contributed by atoms with van der Waals surface area (Å²) in [4.78, 5) is 27.0. The summed E-state index contributed by atoms with van der Waals surface area (Å²) in [5.74, 6) is -1.31. The molecule has 27 heavy (non-hydrogen) atoms. The van der Waals surface area contributed by atoms with E-state index in [0.717, 1.165) is 0 Å². The SMILES string of the molecule is CCN(CC)S(=O)(=O)c1ccc(Cl)c(C(=O)NNC(=O)c2cc(Br)c[nH]2)c1. The van der Waals surface area contributed by atoms with Crippen molar-refractivity contribution in [3.8, 4) is 0 Å².